The molecule has 0 bridgehead atoms. The smallest absolute Gasteiger partial charge is 0.148 e. The monoisotopic (exact) mass is 339 g/mol. The number of imidazole rings is 1. The number of anilines is 1. The fourth-order valence-corrected chi connectivity index (χ4v) is 2.51. The molecule has 3 aromatic rings. The molecule has 0 saturated heterocycles. The fourth-order valence-electron chi connectivity index (χ4n) is 1.92. The second kappa shape index (κ2) is 4.51. The number of benzene rings is 2. The first kappa shape index (κ1) is 12.4. The molecule has 0 unspecified atom stereocenters. The first-order valence-corrected chi connectivity index (χ1v) is 6.62. The molecule has 0 aliphatic carbocycles. The Morgan fingerprint density at radius 3 is 2.89 bits per heavy atom. The number of aromatic nitrogens is 2. The van der Waals surface area contributed by atoms with Crippen LogP contribution in [0, 0.1) is 5.82 Å². The molecule has 19 heavy (non-hydrogen) atoms. The van der Waals surface area contributed by atoms with Crippen LogP contribution >= 0.6 is 27.5 Å². The summed E-state index contributed by atoms with van der Waals surface area (Å²) >= 11 is 9.08. The lowest BCUT2D eigenvalue weighted by atomic mass is 10.2. The predicted octanol–water partition coefficient (Wildman–Crippen LogP) is 4.37. The van der Waals surface area contributed by atoms with Gasteiger partial charge >= 0.3 is 0 Å². The average molecular weight is 341 g/mol. The lowest BCUT2D eigenvalue weighted by Crippen LogP contribution is -1.88. The minimum absolute atomic E-state index is 0.369. The van der Waals surface area contributed by atoms with E-state index in [1.807, 2.05) is 0 Å². The van der Waals surface area contributed by atoms with Gasteiger partial charge in [0, 0.05) is 5.02 Å². The summed E-state index contributed by atoms with van der Waals surface area (Å²) in [6, 6.07) is 8.35. The highest BCUT2D eigenvalue weighted by atomic mass is 79.9. The lowest BCUT2D eigenvalue weighted by Gasteiger charge is -2.00. The van der Waals surface area contributed by atoms with Crippen molar-refractivity contribution in [1.29, 1.82) is 0 Å². The third-order valence-corrected chi connectivity index (χ3v) is 3.62. The van der Waals surface area contributed by atoms with Crippen LogP contribution in [0.2, 0.25) is 5.02 Å². The van der Waals surface area contributed by atoms with E-state index in [2.05, 4.69) is 25.9 Å². The molecule has 0 radical (unpaired) electrons. The summed E-state index contributed by atoms with van der Waals surface area (Å²) in [6.07, 6.45) is 0. The average Bonchev–Trinajstić information content (AvgIpc) is 2.76. The fraction of sp³-hybridized carbons (Fsp3) is 0. The number of halogens is 3. The molecule has 3 rings (SSSR count). The summed E-state index contributed by atoms with van der Waals surface area (Å²) in [6.45, 7) is 0. The Morgan fingerprint density at radius 2 is 2.11 bits per heavy atom. The van der Waals surface area contributed by atoms with Crippen molar-refractivity contribution in [2.75, 3.05) is 5.73 Å². The molecule has 2 aromatic carbocycles. The number of H-pyrrole nitrogens is 1. The number of nitrogens with one attached hydrogen (secondary N) is 1. The summed E-state index contributed by atoms with van der Waals surface area (Å²) in [5, 5.41) is 0.509. The summed E-state index contributed by atoms with van der Waals surface area (Å²) in [5.41, 5.74) is 7.94. The Morgan fingerprint density at radius 1 is 1.32 bits per heavy atom. The zero-order valence-corrected chi connectivity index (χ0v) is 11.9. The van der Waals surface area contributed by atoms with Gasteiger partial charge in [0.1, 0.15) is 17.2 Å². The van der Waals surface area contributed by atoms with Gasteiger partial charge in [0.25, 0.3) is 0 Å². The topological polar surface area (TPSA) is 54.7 Å². The van der Waals surface area contributed by atoms with Crippen molar-refractivity contribution in [3.63, 3.8) is 0 Å². The maximum atomic E-state index is 14.0. The van der Waals surface area contributed by atoms with Gasteiger partial charge in [0.15, 0.2) is 0 Å². The molecule has 0 fully saturated rings. The van der Waals surface area contributed by atoms with Crippen LogP contribution in [0.4, 0.5) is 10.1 Å². The summed E-state index contributed by atoms with van der Waals surface area (Å²) in [7, 11) is 0. The molecule has 3 nitrogen and oxygen atoms in total. The highest BCUT2D eigenvalue weighted by Gasteiger charge is 2.13. The Kier molecular flexibility index (Phi) is 2.95. The molecule has 3 N–H and O–H groups in total. The molecular weight excluding hydrogens is 333 g/mol. The quantitative estimate of drug-likeness (QED) is 0.646. The number of nitrogens with two attached hydrogens (primary N) is 1. The third kappa shape index (κ3) is 2.09. The van der Waals surface area contributed by atoms with E-state index in [-0.39, 0.29) is 5.82 Å². The Balaban J connectivity index is 2.26. The zero-order valence-electron chi connectivity index (χ0n) is 9.55. The third-order valence-electron chi connectivity index (χ3n) is 2.79. The Hall–Kier alpha value is -1.59. The molecule has 0 amide bonds. The minimum Gasteiger partial charge on any atom is -0.397 e. The van der Waals surface area contributed by atoms with Gasteiger partial charge in [-0.25, -0.2) is 9.37 Å². The number of aromatic amines is 1. The van der Waals surface area contributed by atoms with Crippen LogP contribution in [0.15, 0.2) is 34.8 Å². The highest BCUT2D eigenvalue weighted by molar-refractivity contribution is 9.10. The number of hydrogen-bond donors (Lipinski definition) is 2. The van der Waals surface area contributed by atoms with Crippen molar-refractivity contribution < 1.29 is 4.39 Å². The van der Waals surface area contributed by atoms with E-state index in [1.165, 1.54) is 0 Å². The molecule has 1 aromatic heterocycles. The van der Waals surface area contributed by atoms with Gasteiger partial charge in [0.2, 0.25) is 0 Å². The van der Waals surface area contributed by atoms with E-state index in [1.54, 1.807) is 30.3 Å². The molecule has 0 spiro atoms. The van der Waals surface area contributed by atoms with E-state index >= 15 is 0 Å². The predicted molar refractivity (Wildman–Crippen MR) is 78.6 cm³/mol. The van der Waals surface area contributed by atoms with E-state index < -0.39 is 0 Å². The molecule has 1 heterocycles. The van der Waals surface area contributed by atoms with Crippen molar-refractivity contribution in [2.24, 2.45) is 0 Å². The van der Waals surface area contributed by atoms with Gasteiger partial charge in [-0.15, -0.1) is 0 Å². The standard InChI is InChI=1S/C13H8BrClFN3/c14-8-3-1-2-7(11(8)16)13-18-10-5-6(15)4-9(17)12(10)19-13/h1-5H,17H2,(H,18,19). The second-order valence-corrected chi connectivity index (χ2v) is 5.37. The first-order valence-electron chi connectivity index (χ1n) is 5.45. The maximum absolute atomic E-state index is 14.0. The molecular formula is C13H8BrClFN3. The zero-order chi connectivity index (χ0) is 13.6. The molecule has 6 heteroatoms. The van der Waals surface area contributed by atoms with Gasteiger partial charge in [-0.05, 0) is 40.2 Å². The van der Waals surface area contributed by atoms with E-state index in [9.17, 15) is 4.39 Å². The first-order chi connectivity index (χ1) is 9.06. The molecule has 0 atom stereocenters. The van der Waals surface area contributed by atoms with Gasteiger partial charge in [-0.2, -0.15) is 0 Å². The van der Waals surface area contributed by atoms with Crippen molar-refractivity contribution in [3.05, 3.63) is 45.6 Å². The van der Waals surface area contributed by atoms with E-state index in [0.29, 0.717) is 37.6 Å². The van der Waals surface area contributed by atoms with Crippen LogP contribution in [0.25, 0.3) is 22.4 Å². The highest BCUT2D eigenvalue weighted by Crippen LogP contribution is 2.30. The van der Waals surface area contributed by atoms with Crippen LogP contribution in [-0.4, -0.2) is 9.97 Å². The second-order valence-electron chi connectivity index (χ2n) is 4.08. The largest absolute Gasteiger partial charge is 0.397 e. The van der Waals surface area contributed by atoms with E-state index in [4.69, 9.17) is 17.3 Å². The number of hydrogen-bond acceptors (Lipinski definition) is 2. The van der Waals surface area contributed by atoms with Gasteiger partial charge in [-0.3, -0.25) is 0 Å². The van der Waals surface area contributed by atoms with Crippen LogP contribution in [0.3, 0.4) is 0 Å². The number of nitrogen functional groups attached to an aromatic ring is 1. The SMILES string of the molecule is Nc1cc(Cl)cc2[nH]c(-c3cccc(Br)c3F)nc12. The maximum Gasteiger partial charge on any atom is 0.148 e. The molecule has 96 valence electrons. The Bertz CT molecular complexity index is 785. The van der Waals surface area contributed by atoms with Crippen molar-refractivity contribution in [1.82, 2.24) is 9.97 Å². The van der Waals surface area contributed by atoms with Gasteiger partial charge < -0.3 is 10.7 Å². The van der Waals surface area contributed by atoms with Crippen molar-refractivity contribution >= 4 is 44.3 Å². The number of fused-ring (bicyclic) bond motifs is 1. The van der Waals surface area contributed by atoms with Crippen molar-refractivity contribution in [3.8, 4) is 11.4 Å². The number of nitrogens with zero attached hydrogens (tertiary/aromatic N) is 1. The van der Waals surface area contributed by atoms with E-state index in [0.717, 1.165) is 0 Å². The van der Waals surface area contributed by atoms with Crippen LogP contribution < -0.4 is 5.73 Å². The van der Waals surface area contributed by atoms with Crippen LogP contribution in [0.1, 0.15) is 0 Å². The van der Waals surface area contributed by atoms with Crippen LogP contribution in [0.5, 0.6) is 0 Å². The summed E-state index contributed by atoms with van der Waals surface area (Å²) in [4.78, 5) is 7.35. The van der Waals surface area contributed by atoms with Crippen molar-refractivity contribution in [2.45, 2.75) is 0 Å². The molecule has 0 saturated carbocycles. The van der Waals surface area contributed by atoms with Gasteiger partial charge in [-0.1, -0.05) is 17.7 Å². The minimum atomic E-state index is -0.369. The number of rotatable bonds is 1. The normalized spacial score (nSPS) is 11.1. The molecule has 0 aliphatic heterocycles. The summed E-state index contributed by atoms with van der Waals surface area (Å²) < 4.78 is 14.4. The summed E-state index contributed by atoms with van der Waals surface area (Å²) in [5.74, 6) is 0.0500. The molecule has 0 aliphatic rings. The van der Waals surface area contributed by atoms with Crippen LogP contribution in [-0.2, 0) is 0 Å². The Labute approximate surface area is 121 Å². The van der Waals surface area contributed by atoms with Gasteiger partial charge in [0.05, 0.1) is 21.2 Å². The lowest BCUT2D eigenvalue weighted by molar-refractivity contribution is 0.623.